The first-order valence-electron chi connectivity index (χ1n) is 7.77. The fourth-order valence-corrected chi connectivity index (χ4v) is 2.24. The lowest BCUT2D eigenvalue weighted by atomic mass is 9.96. The zero-order chi connectivity index (χ0) is 14.8. The van der Waals surface area contributed by atoms with Crippen molar-refractivity contribution < 1.29 is 0 Å². The highest BCUT2D eigenvalue weighted by Crippen LogP contribution is 2.36. The van der Waals surface area contributed by atoms with Crippen LogP contribution in [0.5, 0.6) is 0 Å². The van der Waals surface area contributed by atoms with E-state index in [4.69, 9.17) is 0 Å². The van der Waals surface area contributed by atoms with E-state index in [1.807, 2.05) is 6.07 Å². The average molecular weight is 276 g/mol. The second-order valence-corrected chi connectivity index (χ2v) is 6.94. The maximum Gasteiger partial charge on any atom is 0.138 e. The van der Waals surface area contributed by atoms with Crippen molar-refractivity contribution in [3.8, 4) is 0 Å². The maximum atomic E-state index is 4.68. The van der Waals surface area contributed by atoms with Gasteiger partial charge >= 0.3 is 0 Å². The minimum atomic E-state index is -0.0377. The Kier molecular flexibility index (Phi) is 4.51. The number of aromatic nitrogens is 2. The molecule has 0 spiro atoms. The molecular weight excluding hydrogens is 248 g/mol. The number of nitrogens with zero attached hydrogens (tertiary/aromatic N) is 2. The molecule has 0 aliphatic heterocycles. The van der Waals surface area contributed by atoms with Crippen molar-refractivity contribution in [2.45, 2.75) is 52.9 Å². The van der Waals surface area contributed by atoms with E-state index >= 15 is 0 Å². The zero-order valence-electron chi connectivity index (χ0n) is 13.5. The molecule has 112 valence electrons. The van der Waals surface area contributed by atoms with Gasteiger partial charge in [0.05, 0.1) is 0 Å². The highest BCUT2D eigenvalue weighted by Gasteiger charge is 2.27. The molecule has 4 heteroatoms. The first-order valence-corrected chi connectivity index (χ1v) is 7.77. The quantitative estimate of drug-likeness (QED) is 0.832. The minimum absolute atomic E-state index is 0.0377. The SMILES string of the molecule is CCNc1cc(NCC(C)C2CC2)nc(C(C)(C)C)n1. The summed E-state index contributed by atoms with van der Waals surface area (Å²) in [4.78, 5) is 9.28. The van der Waals surface area contributed by atoms with E-state index in [-0.39, 0.29) is 5.41 Å². The van der Waals surface area contributed by atoms with Crippen LogP contribution in [0.25, 0.3) is 0 Å². The molecule has 1 aliphatic rings. The van der Waals surface area contributed by atoms with Gasteiger partial charge in [-0.25, -0.2) is 9.97 Å². The molecule has 1 unspecified atom stereocenters. The number of hydrogen-bond acceptors (Lipinski definition) is 4. The Morgan fingerprint density at radius 1 is 1.20 bits per heavy atom. The van der Waals surface area contributed by atoms with Crippen LogP contribution in [0.3, 0.4) is 0 Å². The fourth-order valence-electron chi connectivity index (χ4n) is 2.24. The molecular formula is C16H28N4. The van der Waals surface area contributed by atoms with Crippen LogP contribution >= 0.6 is 0 Å². The molecule has 20 heavy (non-hydrogen) atoms. The summed E-state index contributed by atoms with van der Waals surface area (Å²) in [5.74, 6) is 4.38. The van der Waals surface area contributed by atoms with Crippen LogP contribution in [0.2, 0.25) is 0 Å². The molecule has 1 aromatic heterocycles. The first kappa shape index (κ1) is 15.1. The van der Waals surface area contributed by atoms with Crippen LogP contribution in [-0.4, -0.2) is 23.1 Å². The lowest BCUT2D eigenvalue weighted by Crippen LogP contribution is -2.20. The summed E-state index contributed by atoms with van der Waals surface area (Å²) in [7, 11) is 0. The van der Waals surface area contributed by atoms with Crippen molar-refractivity contribution in [1.82, 2.24) is 9.97 Å². The third-order valence-corrected chi connectivity index (χ3v) is 3.79. The Hall–Kier alpha value is -1.32. The van der Waals surface area contributed by atoms with Crippen molar-refractivity contribution >= 4 is 11.6 Å². The van der Waals surface area contributed by atoms with Gasteiger partial charge in [-0.3, -0.25) is 0 Å². The van der Waals surface area contributed by atoms with Crippen LogP contribution < -0.4 is 10.6 Å². The molecule has 0 amide bonds. The number of rotatable bonds is 6. The summed E-state index contributed by atoms with van der Waals surface area (Å²) >= 11 is 0. The first-order chi connectivity index (χ1) is 9.40. The standard InChI is InChI=1S/C16H28N4/c1-6-17-13-9-14(18-10-11(2)12-7-8-12)20-15(19-13)16(3,4)5/h9,11-12H,6-8,10H2,1-5H3,(H2,17,18,19,20). The molecule has 0 bridgehead atoms. The van der Waals surface area contributed by atoms with E-state index in [0.717, 1.165) is 42.4 Å². The van der Waals surface area contributed by atoms with Gasteiger partial charge in [-0.05, 0) is 31.6 Å². The van der Waals surface area contributed by atoms with E-state index in [1.165, 1.54) is 12.8 Å². The third kappa shape index (κ3) is 4.09. The van der Waals surface area contributed by atoms with Gasteiger partial charge < -0.3 is 10.6 Å². The van der Waals surface area contributed by atoms with Gasteiger partial charge in [0, 0.05) is 24.6 Å². The summed E-state index contributed by atoms with van der Waals surface area (Å²) < 4.78 is 0. The Labute approximate surface area is 122 Å². The number of anilines is 2. The Morgan fingerprint density at radius 3 is 2.30 bits per heavy atom. The normalized spacial score (nSPS) is 16.9. The summed E-state index contributed by atoms with van der Waals surface area (Å²) in [6, 6.07) is 2.01. The predicted molar refractivity (Wildman–Crippen MR) is 85.3 cm³/mol. The second kappa shape index (κ2) is 5.98. The third-order valence-electron chi connectivity index (χ3n) is 3.79. The molecule has 1 aromatic rings. The Morgan fingerprint density at radius 2 is 1.80 bits per heavy atom. The van der Waals surface area contributed by atoms with Crippen LogP contribution in [0.15, 0.2) is 6.07 Å². The smallest absolute Gasteiger partial charge is 0.138 e. The second-order valence-electron chi connectivity index (χ2n) is 6.94. The fraction of sp³-hybridized carbons (Fsp3) is 0.750. The predicted octanol–water partition coefficient (Wildman–Crippen LogP) is 3.66. The van der Waals surface area contributed by atoms with E-state index < -0.39 is 0 Å². The molecule has 4 nitrogen and oxygen atoms in total. The molecule has 1 aliphatic carbocycles. The minimum Gasteiger partial charge on any atom is -0.370 e. The maximum absolute atomic E-state index is 4.68. The van der Waals surface area contributed by atoms with E-state index in [1.54, 1.807) is 0 Å². The van der Waals surface area contributed by atoms with Crippen LogP contribution in [0.1, 0.15) is 53.3 Å². The van der Waals surface area contributed by atoms with Gasteiger partial charge in [-0.15, -0.1) is 0 Å². The van der Waals surface area contributed by atoms with Crippen LogP contribution in [0, 0.1) is 11.8 Å². The highest BCUT2D eigenvalue weighted by molar-refractivity contribution is 5.48. The van der Waals surface area contributed by atoms with Crippen LogP contribution in [-0.2, 0) is 5.41 Å². The molecule has 2 N–H and O–H groups in total. The lowest BCUT2D eigenvalue weighted by Gasteiger charge is -2.20. The number of nitrogens with one attached hydrogen (secondary N) is 2. The molecule has 1 atom stereocenters. The van der Waals surface area contributed by atoms with Gasteiger partial charge in [-0.1, -0.05) is 27.7 Å². The van der Waals surface area contributed by atoms with Gasteiger partial charge in [-0.2, -0.15) is 0 Å². The summed E-state index contributed by atoms with van der Waals surface area (Å²) in [5.41, 5.74) is -0.0377. The van der Waals surface area contributed by atoms with Crippen molar-refractivity contribution in [1.29, 1.82) is 0 Å². The van der Waals surface area contributed by atoms with Gasteiger partial charge in [0.15, 0.2) is 0 Å². The van der Waals surface area contributed by atoms with Crippen molar-refractivity contribution in [2.75, 3.05) is 23.7 Å². The van der Waals surface area contributed by atoms with Crippen molar-refractivity contribution in [2.24, 2.45) is 11.8 Å². The monoisotopic (exact) mass is 276 g/mol. The Balaban J connectivity index is 2.11. The van der Waals surface area contributed by atoms with E-state index in [0.29, 0.717) is 0 Å². The van der Waals surface area contributed by atoms with E-state index in [9.17, 15) is 0 Å². The lowest BCUT2D eigenvalue weighted by molar-refractivity contribution is 0.531. The van der Waals surface area contributed by atoms with Gasteiger partial charge in [0.2, 0.25) is 0 Å². The molecule has 2 rings (SSSR count). The largest absolute Gasteiger partial charge is 0.370 e. The van der Waals surface area contributed by atoms with Gasteiger partial charge in [0.25, 0.3) is 0 Å². The summed E-state index contributed by atoms with van der Waals surface area (Å²) in [6.45, 7) is 12.7. The van der Waals surface area contributed by atoms with Crippen LogP contribution in [0.4, 0.5) is 11.6 Å². The highest BCUT2D eigenvalue weighted by atomic mass is 15.1. The molecule has 0 saturated heterocycles. The summed E-state index contributed by atoms with van der Waals surface area (Å²) in [6.07, 6.45) is 2.78. The average Bonchev–Trinajstić information content (AvgIpc) is 3.19. The van der Waals surface area contributed by atoms with Gasteiger partial charge in [0.1, 0.15) is 17.5 Å². The summed E-state index contributed by atoms with van der Waals surface area (Å²) in [5, 5.41) is 6.78. The Bertz CT molecular complexity index is 446. The zero-order valence-corrected chi connectivity index (χ0v) is 13.5. The molecule has 0 aromatic carbocycles. The van der Waals surface area contributed by atoms with Crippen molar-refractivity contribution in [3.05, 3.63) is 11.9 Å². The number of hydrogen-bond donors (Lipinski definition) is 2. The molecule has 1 heterocycles. The van der Waals surface area contributed by atoms with E-state index in [2.05, 4.69) is 55.2 Å². The molecule has 1 fully saturated rings. The topological polar surface area (TPSA) is 49.8 Å². The van der Waals surface area contributed by atoms with Crippen molar-refractivity contribution in [3.63, 3.8) is 0 Å². The molecule has 0 radical (unpaired) electrons. The molecule has 1 saturated carbocycles.